The van der Waals surface area contributed by atoms with Gasteiger partial charge in [-0.25, -0.2) is 4.68 Å². The molecule has 3 rings (SSSR count). The second-order valence-electron chi connectivity index (χ2n) is 5.21. The first kappa shape index (κ1) is 15.3. The van der Waals surface area contributed by atoms with E-state index in [0.29, 0.717) is 17.1 Å². The largest absolute Gasteiger partial charge is 0.396 e. The zero-order valence-electron chi connectivity index (χ0n) is 12.3. The monoisotopic (exact) mass is 329 g/mol. The zero-order valence-corrected chi connectivity index (χ0v) is 13.2. The maximum absolute atomic E-state index is 11.1. The lowest BCUT2D eigenvalue weighted by atomic mass is 10.1. The average molecular weight is 329 g/mol. The number of nitrogens with two attached hydrogens (primary N) is 1. The number of nitrogen functional groups attached to an aromatic ring is 1. The van der Waals surface area contributed by atoms with E-state index in [4.69, 9.17) is 10.3 Å². The minimum absolute atomic E-state index is 0.167. The van der Waals surface area contributed by atoms with Crippen LogP contribution >= 0.6 is 0 Å². The summed E-state index contributed by atoms with van der Waals surface area (Å²) in [7, 11) is -4.21. The van der Waals surface area contributed by atoms with E-state index in [1.807, 2.05) is 31.2 Å². The van der Waals surface area contributed by atoms with Crippen molar-refractivity contribution in [2.75, 3.05) is 5.73 Å². The van der Waals surface area contributed by atoms with Gasteiger partial charge in [-0.15, -0.1) is 0 Å². The quantitative estimate of drug-likeness (QED) is 0.720. The molecule has 0 saturated carbocycles. The predicted molar refractivity (Wildman–Crippen MR) is 88.0 cm³/mol. The number of hydrogen-bond donors (Lipinski definition) is 2. The highest BCUT2D eigenvalue weighted by Crippen LogP contribution is 2.26. The number of rotatable bonds is 3. The normalized spacial score (nSPS) is 11.6. The molecule has 0 amide bonds. The van der Waals surface area contributed by atoms with Gasteiger partial charge >= 0.3 is 0 Å². The van der Waals surface area contributed by atoms with Crippen LogP contribution in [0.25, 0.3) is 16.9 Å². The van der Waals surface area contributed by atoms with E-state index in [-0.39, 0.29) is 4.90 Å². The average Bonchev–Trinajstić information content (AvgIpc) is 2.89. The molecule has 0 fully saturated rings. The van der Waals surface area contributed by atoms with Crippen molar-refractivity contribution in [2.24, 2.45) is 0 Å². The molecule has 0 radical (unpaired) electrons. The lowest BCUT2D eigenvalue weighted by molar-refractivity contribution is 0.483. The van der Waals surface area contributed by atoms with Crippen LogP contribution in [0, 0.1) is 6.92 Å². The highest BCUT2D eigenvalue weighted by Gasteiger charge is 2.12. The summed E-state index contributed by atoms with van der Waals surface area (Å²) in [4.78, 5) is -0.167. The van der Waals surface area contributed by atoms with E-state index >= 15 is 0 Å². The molecular formula is C16H15N3O3S. The molecule has 0 spiro atoms. The Morgan fingerprint density at radius 1 is 1.04 bits per heavy atom. The van der Waals surface area contributed by atoms with Crippen molar-refractivity contribution in [1.82, 2.24) is 9.78 Å². The maximum Gasteiger partial charge on any atom is 0.294 e. The molecule has 1 heterocycles. The Balaban J connectivity index is 1.99. The third-order valence-electron chi connectivity index (χ3n) is 3.47. The number of aryl methyl sites for hydroxylation is 1. The Labute approximate surface area is 133 Å². The van der Waals surface area contributed by atoms with Crippen LogP contribution in [0.1, 0.15) is 5.56 Å². The molecule has 0 aliphatic heterocycles. The van der Waals surface area contributed by atoms with E-state index in [2.05, 4.69) is 5.10 Å². The number of benzene rings is 2. The first-order valence-electron chi connectivity index (χ1n) is 6.85. The van der Waals surface area contributed by atoms with Gasteiger partial charge in [-0.05, 0) is 31.2 Å². The molecule has 0 aliphatic carbocycles. The van der Waals surface area contributed by atoms with Crippen molar-refractivity contribution < 1.29 is 13.0 Å². The summed E-state index contributed by atoms with van der Waals surface area (Å²) >= 11 is 0. The van der Waals surface area contributed by atoms with Gasteiger partial charge in [-0.1, -0.05) is 29.8 Å². The van der Waals surface area contributed by atoms with Crippen molar-refractivity contribution in [2.45, 2.75) is 11.8 Å². The standard InChI is InChI=1S/C16H15N3O3S/c1-11-2-4-12(5-3-11)16-15(17)10-19(18-16)13-6-8-14(9-7-13)23(20,21)22/h2-10H,17H2,1H3,(H,20,21,22). The molecular weight excluding hydrogens is 314 g/mol. The van der Waals surface area contributed by atoms with Crippen molar-refractivity contribution in [1.29, 1.82) is 0 Å². The van der Waals surface area contributed by atoms with Gasteiger partial charge in [-0.3, -0.25) is 4.55 Å². The van der Waals surface area contributed by atoms with Crippen LogP contribution in [-0.4, -0.2) is 22.8 Å². The summed E-state index contributed by atoms with van der Waals surface area (Å²) in [6.07, 6.45) is 1.66. The van der Waals surface area contributed by atoms with Crippen LogP contribution in [0.3, 0.4) is 0 Å². The van der Waals surface area contributed by atoms with E-state index in [9.17, 15) is 8.42 Å². The Hall–Kier alpha value is -2.64. The molecule has 0 aliphatic rings. The molecule has 6 nitrogen and oxygen atoms in total. The van der Waals surface area contributed by atoms with E-state index < -0.39 is 10.1 Å². The predicted octanol–water partition coefficient (Wildman–Crippen LogP) is 2.68. The van der Waals surface area contributed by atoms with Crippen molar-refractivity contribution in [3.63, 3.8) is 0 Å². The molecule has 2 aromatic carbocycles. The lowest BCUT2D eigenvalue weighted by Gasteiger charge is -2.02. The van der Waals surface area contributed by atoms with Gasteiger partial charge in [-0.2, -0.15) is 13.5 Å². The molecule has 3 N–H and O–H groups in total. The summed E-state index contributed by atoms with van der Waals surface area (Å²) in [6.45, 7) is 2.00. The van der Waals surface area contributed by atoms with Gasteiger partial charge in [0.2, 0.25) is 0 Å². The molecule has 118 valence electrons. The Morgan fingerprint density at radius 2 is 1.65 bits per heavy atom. The molecule has 23 heavy (non-hydrogen) atoms. The van der Waals surface area contributed by atoms with Crippen molar-refractivity contribution in [3.8, 4) is 16.9 Å². The summed E-state index contributed by atoms with van der Waals surface area (Å²) in [5.41, 5.74) is 9.90. The fourth-order valence-corrected chi connectivity index (χ4v) is 2.71. The first-order chi connectivity index (χ1) is 10.8. The van der Waals surface area contributed by atoms with Crippen LogP contribution in [0.5, 0.6) is 0 Å². The Morgan fingerprint density at radius 3 is 2.22 bits per heavy atom. The van der Waals surface area contributed by atoms with E-state index in [1.165, 1.54) is 12.1 Å². The van der Waals surface area contributed by atoms with Crippen LogP contribution in [-0.2, 0) is 10.1 Å². The lowest BCUT2D eigenvalue weighted by Crippen LogP contribution is -1.99. The molecule has 0 bridgehead atoms. The fourth-order valence-electron chi connectivity index (χ4n) is 2.23. The SMILES string of the molecule is Cc1ccc(-c2nn(-c3ccc(S(=O)(=O)O)cc3)cc2N)cc1. The molecule has 0 unspecified atom stereocenters. The second kappa shape index (κ2) is 5.53. The summed E-state index contributed by atoms with van der Waals surface area (Å²) in [5, 5.41) is 4.45. The minimum Gasteiger partial charge on any atom is -0.396 e. The van der Waals surface area contributed by atoms with Crippen LogP contribution < -0.4 is 5.73 Å². The van der Waals surface area contributed by atoms with E-state index in [0.717, 1.165) is 11.1 Å². The van der Waals surface area contributed by atoms with Gasteiger partial charge in [0.1, 0.15) is 5.69 Å². The van der Waals surface area contributed by atoms with Crippen molar-refractivity contribution in [3.05, 3.63) is 60.3 Å². The third-order valence-corrected chi connectivity index (χ3v) is 4.33. The minimum atomic E-state index is -4.21. The fraction of sp³-hybridized carbons (Fsp3) is 0.0625. The number of nitrogens with zero attached hydrogens (tertiary/aromatic N) is 2. The molecule has 3 aromatic rings. The zero-order chi connectivity index (χ0) is 16.6. The van der Waals surface area contributed by atoms with Gasteiger partial charge in [0.25, 0.3) is 10.1 Å². The number of hydrogen-bond acceptors (Lipinski definition) is 4. The van der Waals surface area contributed by atoms with Gasteiger partial charge in [0.05, 0.1) is 22.5 Å². The van der Waals surface area contributed by atoms with Crippen LogP contribution in [0.4, 0.5) is 5.69 Å². The second-order valence-corrected chi connectivity index (χ2v) is 6.63. The Bertz CT molecular complexity index is 943. The summed E-state index contributed by atoms with van der Waals surface area (Å²) in [6, 6.07) is 13.6. The summed E-state index contributed by atoms with van der Waals surface area (Å²) in [5.74, 6) is 0. The maximum atomic E-state index is 11.1. The molecule has 1 aromatic heterocycles. The first-order valence-corrected chi connectivity index (χ1v) is 8.29. The van der Waals surface area contributed by atoms with Gasteiger partial charge < -0.3 is 5.73 Å². The number of aromatic nitrogens is 2. The van der Waals surface area contributed by atoms with Gasteiger partial charge in [0.15, 0.2) is 0 Å². The molecule has 0 atom stereocenters. The highest BCUT2D eigenvalue weighted by molar-refractivity contribution is 7.85. The van der Waals surface area contributed by atoms with Crippen LogP contribution in [0.15, 0.2) is 59.6 Å². The smallest absolute Gasteiger partial charge is 0.294 e. The Kier molecular flexibility index (Phi) is 3.67. The van der Waals surface area contributed by atoms with E-state index in [1.54, 1.807) is 23.0 Å². The van der Waals surface area contributed by atoms with Crippen LogP contribution in [0.2, 0.25) is 0 Å². The third kappa shape index (κ3) is 3.10. The number of anilines is 1. The highest BCUT2D eigenvalue weighted by atomic mass is 32.2. The molecule has 7 heteroatoms. The van der Waals surface area contributed by atoms with Crippen molar-refractivity contribution >= 4 is 15.8 Å². The molecule has 0 saturated heterocycles. The topological polar surface area (TPSA) is 98.2 Å². The summed E-state index contributed by atoms with van der Waals surface area (Å²) < 4.78 is 32.7. The van der Waals surface area contributed by atoms with Gasteiger partial charge in [0, 0.05) is 5.56 Å².